The quantitative estimate of drug-likeness (QED) is 0.830. The number of nitrogens with one attached hydrogen (secondary N) is 1. The average molecular weight is 331 g/mol. The number of thiophene rings is 1. The van der Waals surface area contributed by atoms with Crippen molar-refractivity contribution in [1.29, 1.82) is 0 Å². The van der Waals surface area contributed by atoms with Crippen LogP contribution in [0.2, 0.25) is 5.02 Å². The molecule has 1 aromatic carbocycles. The Kier molecular flexibility index (Phi) is 4.62. The molecule has 0 aliphatic carbocycles. The Balaban J connectivity index is 1.98. The van der Waals surface area contributed by atoms with E-state index in [0.717, 1.165) is 21.6 Å². The van der Waals surface area contributed by atoms with Crippen LogP contribution in [0.5, 0.6) is 0 Å². The van der Waals surface area contributed by atoms with Gasteiger partial charge in [-0.25, -0.2) is 0 Å². The molecule has 0 saturated carbocycles. The standard InChI is InChI=1S/C13H13BrClNS/c1-9(12-4-2-3-5-13(12)15)16-7-11-6-10(14)8-17-11/h2-6,8-9,16H,7H2,1H3/t9-/m0/s1. The summed E-state index contributed by atoms with van der Waals surface area (Å²) in [5.41, 5.74) is 1.14. The molecule has 0 unspecified atom stereocenters. The van der Waals surface area contributed by atoms with E-state index in [-0.39, 0.29) is 6.04 Å². The molecule has 1 aromatic heterocycles. The molecule has 2 rings (SSSR count). The fourth-order valence-electron chi connectivity index (χ4n) is 1.64. The molecular weight excluding hydrogens is 318 g/mol. The normalized spacial score (nSPS) is 12.6. The third-order valence-corrected chi connectivity index (χ3v) is 4.62. The van der Waals surface area contributed by atoms with Gasteiger partial charge in [0, 0.05) is 32.3 Å². The van der Waals surface area contributed by atoms with Crippen LogP contribution in [0.15, 0.2) is 40.2 Å². The maximum absolute atomic E-state index is 6.16. The Morgan fingerprint density at radius 1 is 1.41 bits per heavy atom. The molecule has 0 amide bonds. The van der Waals surface area contributed by atoms with E-state index in [0.29, 0.717) is 0 Å². The average Bonchev–Trinajstić information content (AvgIpc) is 2.73. The summed E-state index contributed by atoms with van der Waals surface area (Å²) in [6.07, 6.45) is 0. The van der Waals surface area contributed by atoms with Crippen LogP contribution in [0.25, 0.3) is 0 Å². The maximum atomic E-state index is 6.16. The highest BCUT2D eigenvalue weighted by atomic mass is 79.9. The van der Waals surface area contributed by atoms with Crippen LogP contribution in [0.4, 0.5) is 0 Å². The zero-order chi connectivity index (χ0) is 12.3. The summed E-state index contributed by atoms with van der Waals surface area (Å²) in [6, 6.07) is 10.3. The predicted octanol–water partition coefficient (Wildman–Crippen LogP) is 5.01. The van der Waals surface area contributed by atoms with Gasteiger partial charge < -0.3 is 5.32 Å². The van der Waals surface area contributed by atoms with Crippen LogP contribution in [-0.2, 0) is 6.54 Å². The van der Waals surface area contributed by atoms with E-state index in [2.05, 4.69) is 45.7 Å². The van der Waals surface area contributed by atoms with E-state index in [1.807, 2.05) is 18.2 Å². The Bertz CT molecular complexity index is 498. The molecule has 0 bridgehead atoms. The molecule has 2 aromatic rings. The van der Waals surface area contributed by atoms with Crippen molar-refractivity contribution in [3.05, 3.63) is 55.6 Å². The molecule has 0 spiro atoms. The molecule has 1 heterocycles. The van der Waals surface area contributed by atoms with Crippen LogP contribution in [0.1, 0.15) is 23.4 Å². The number of halogens is 2. The van der Waals surface area contributed by atoms with Crippen molar-refractivity contribution < 1.29 is 0 Å². The lowest BCUT2D eigenvalue weighted by Crippen LogP contribution is -2.17. The highest BCUT2D eigenvalue weighted by molar-refractivity contribution is 9.10. The Morgan fingerprint density at radius 2 is 2.18 bits per heavy atom. The van der Waals surface area contributed by atoms with Gasteiger partial charge in [0.2, 0.25) is 0 Å². The largest absolute Gasteiger partial charge is 0.305 e. The second-order valence-corrected chi connectivity index (χ2v) is 6.17. The topological polar surface area (TPSA) is 12.0 Å². The zero-order valence-electron chi connectivity index (χ0n) is 9.41. The molecule has 0 radical (unpaired) electrons. The zero-order valence-corrected chi connectivity index (χ0v) is 12.6. The van der Waals surface area contributed by atoms with Crippen LogP contribution < -0.4 is 5.32 Å². The third kappa shape index (κ3) is 3.55. The first-order valence-electron chi connectivity index (χ1n) is 5.37. The summed E-state index contributed by atoms with van der Waals surface area (Å²) in [4.78, 5) is 1.32. The second kappa shape index (κ2) is 6.01. The molecule has 0 aliphatic heterocycles. The van der Waals surface area contributed by atoms with Gasteiger partial charge in [0.1, 0.15) is 0 Å². The minimum absolute atomic E-state index is 0.254. The van der Waals surface area contributed by atoms with Gasteiger partial charge in [-0.1, -0.05) is 29.8 Å². The monoisotopic (exact) mass is 329 g/mol. The van der Waals surface area contributed by atoms with Crippen LogP contribution >= 0.6 is 38.9 Å². The fourth-order valence-corrected chi connectivity index (χ4v) is 3.34. The summed E-state index contributed by atoms with van der Waals surface area (Å²) in [5, 5.41) is 6.39. The molecule has 0 saturated heterocycles. The lowest BCUT2D eigenvalue weighted by atomic mass is 10.1. The first kappa shape index (κ1) is 13.1. The van der Waals surface area contributed by atoms with Gasteiger partial charge in [-0.15, -0.1) is 11.3 Å². The number of hydrogen-bond acceptors (Lipinski definition) is 2. The second-order valence-electron chi connectivity index (χ2n) is 3.86. The van der Waals surface area contributed by atoms with E-state index in [1.54, 1.807) is 11.3 Å². The molecule has 17 heavy (non-hydrogen) atoms. The lowest BCUT2D eigenvalue weighted by Gasteiger charge is -2.14. The number of benzene rings is 1. The van der Waals surface area contributed by atoms with Gasteiger partial charge in [0.15, 0.2) is 0 Å². The minimum Gasteiger partial charge on any atom is -0.305 e. The Hall–Kier alpha value is -0.350. The van der Waals surface area contributed by atoms with Crippen molar-refractivity contribution >= 4 is 38.9 Å². The summed E-state index contributed by atoms with van der Waals surface area (Å²) in [6.45, 7) is 2.99. The van der Waals surface area contributed by atoms with Gasteiger partial charge in [-0.3, -0.25) is 0 Å². The van der Waals surface area contributed by atoms with Crippen molar-refractivity contribution in [2.24, 2.45) is 0 Å². The van der Waals surface area contributed by atoms with Crippen molar-refractivity contribution in [2.45, 2.75) is 19.5 Å². The minimum atomic E-state index is 0.254. The Labute approximate surface area is 119 Å². The molecule has 0 aliphatic rings. The maximum Gasteiger partial charge on any atom is 0.0453 e. The summed E-state index contributed by atoms with van der Waals surface area (Å²) < 4.78 is 1.14. The fraction of sp³-hybridized carbons (Fsp3) is 0.231. The van der Waals surface area contributed by atoms with E-state index < -0.39 is 0 Å². The molecule has 1 nitrogen and oxygen atoms in total. The van der Waals surface area contributed by atoms with E-state index in [1.165, 1.54) is 4.88 Å². The number of rotatable bonds is 4. The SMILES string of the molecule is C[C@H](NCc1cc(Br)cs1)c1ccccc1Cl. The van der Waals surface area contributed by atoms with Crippen molar-refractivity contribution in [1.82, 2.24) is 5.32 Å². The first-order chi connectivity index (χ1) is 8.16. The van der Waals surface area contributed by atoms with Crippen molar-refractivity contribution in [3.8, 4) is 0 Å². The van der Waals surface area contributed by atoms with Gasteiger partial charge in [-0.05, 0) is 40.5 Å². The number of hydrogen-bond donors (Lipinski definition) is 1. The van der Waals surface area contributed by atoms with Crippen LogP contribution in [0, 0.1) is 0 Å². The van der Waals surface area contributed by atoms with E-state index in [4.69, 9.17) is 11.6 Å². The van der Waals surface area contributed by atoms with Crippen LogP contribution in [-0.4, -0.2) is 0 Å². The summed E-state index contributed by atoms with van der Waals surface area (Å²) in [7, 11) is 0. The molecule has 90 valence electrons. The Morgan fingerprint density at radius 3 is 2.82 bits per heavy atom. The van der Waals surface area contributed by atoms with E-state index >= 15 is 0 Å². The molecule has 4 heteroatoms. The lowest BCUT2D eigenvalue weighted by molar-refractivity contribution is 0.579. The summed E-state index contributed by atoms with van der Waals surface area (Å²) in [5.74, 6) is 0. The van der Waals surface area contributed by atoms with Gasteiger partial charge in [-0.2, -0.15) is 0 Å². The molecule has 1 N–H and O–H groups in total. The first-order valence-corrected chi connectivity index (χ1v) is 7.42. The van der Waals surface area contributed by atoms with E-state index in [9.17, 15) is 0 Å². The van der Waals surface area contributed by atoms with Gasteiger partial charge in [0.25, 0.3) is 0 Å². The smallest absolute Gasteiger partial charge is 0.0453 e. The molecule has 1 atom stereocenters. The van der Waals surface area contributed by atoms with Crippen LogP contribution in [0.3, 0.4) is 0 Å². The van der Waals surface area contributed by atoms with Gasteiger partial charge in [0.05, 0.1) is 0 Å². The highest BCUT2D eigenvalue weighted by Gasteiger charge is 2.08. The third-order valence-electron chi connectivity index (χ3n) is 2.58. The summed E-state index contributed by atoms with van der Waals surface area (Å²) >= 11 is 11.4. The van der Waals surface area contributed by atoms with Gasteiger partial charge >= 0.3 is 0 Å². The highest BCUT2D eigenvalue weighted by Crippen LogP contribution is 2.24. The molecule has 0 fully saturated rings. The van der Waals surface area contributed by atoms with Crippen molar-refractivity contribution in [2.75, 3.05) is 0 Å². The predicted molar refractivity (Wildman–Crippen MR) is 78.7 cm³/mol. The molecular formula is C13H13BrClNS. The van der Waals surface area contributed by atoms with Crippen molar-refractivity contribution in [3.63, 3.8) is 0 Å².